The Hall–Kier alpha value is -1.99. The fourth-order valence-electron chi connectivity index (χ4n) is 1.63. The Morgan fingerprint density at radius 1 is 1.32 bits per heavy atom. The van der Waals surface area contributed by atoms with Crippen LogP contribution in [0.2, 0.25) is 5.15 Å². The Balaban J connectivity index is 1.82. The van der Waals surface area contributed by atoms with Crippen LogP contribution in [0, 0.1) is 0 Å². The summed E-state index contributed by atoms with van der Waals surface area (Å²) >= 11 is 9.08. The lowest BCUT2D eigenvalue weighted by Gasteiger charge is -2.07. The van der Waals surface area contributed by atoms with E-state index in [0.717, 1.165) is 0 Å². The minimum Gasteiger partial charge on any atom is -0.351 e. The van der Waals surface area contributed by atoms with E-state index in [0.29, 0.717) is 10.2 Å². The molecule has 0 radical (unpaired) electrons. The van der Waals surface area contributed by atoms with E-state index < -0.39 is 0 Å². The molecule has 114 valence electrons. The van der Waals surface area contributed by atoms with Crippen molar-refractivity contribution in [1.82, 2.24) is 15.3 Å². The second kappa shape index (κ2) is 7.86. The van der Waals surface area contributed by atoms with Crippen LogP contribution in [0.5, 0.6) is 0 Å². The first-order valence-corrected chi connectivity index (χ1v) is 7.52. The van der Waals surface area contributed by atoms with E-state index in [-0.39, 0.29) is 35.5 Å². The van der Waals surface area contributed by atoms with Gasteiger partial charge >= 0.3 is 0 Å². The van der Waals surface area contributed by atoms with Gasteiger partial charge in [0.15, 0.2) is 0 Å². The lowest BCUT2D eigenvalue weighted by atomic mass is 10.2. The molecule has 2 heterocycles. The molecule has 2 aromatic rings. The molecule has 8 heteroatoms. The highest BCUT2D eigenvalue weighted by Gasteiger charge is 2.12. The summed E-state index contributed by atoms with van der Waals surface area (Å²) in [5.74, 6) is -0.597. The third-order valence-electron chi connectivity index (χ3n) is 2.63. The molecule has 2 aromatic heterocycles. The van der Waals surface area contributed by atoms with Gasteiger partial charge in [-0.05, 0) is 34.1 Å². The smallest absolute Gasteiger partial charge is 0.254 e. The Kier molecular flexibility index (Phi) is 5.85. The van der Waals surface area contributed by atoms with E-state index in [1.807, 2.05) is 0 Å². The van der Waals surface area contributed by atoms with E-state index in [1.54, 1.807) is 30.6 Å². The molecule has 0 bridgehead atoms. The van der Waals surface area contributed by atoms with Crippen LogP contribution < -0.4 is 10.6 Å². The predicted molar refractivity (Wildman–Crippen MR) is 86.8 cm³/mol. The summed E-state index contributed by atoms with van der Waals surface area (Å²) < 4.78 is 0.649. The van der Waals surface area contributed by atoms with E-state index in [9.17, 15) is 9.59 Å². The van der Waals surface area contributed by atoms with Crippen LogP contribution in [0.1, 0.15) is 16.8 Å². The van der Waals surface area contributed by atoms with Gasteiger partial charge in [-0.15, -0.1) is 0 Å². The van der Waals surface area contributed by atoms with Crippen LogP contribution in [0.3, 0.4) is 0 Å². The standard InChI is InChI=1S/C14H12BrClN4O2/c15-9-6-11(13(16)19-7-9)14(22)18-5-3-12(21)20-10-2-1-4-17-8-10/h1-2,4,6-8H,3,5H2,(H,18,22)(H,20,21). The van der Waals surface area contributed by atoms with E-state index in [4.69, 9.17) is 11.6 Å². The number of halogens is 2. The molecule has 2 rings (SSSR count). The summed E-state index contributed by atoms with van der Waals surface area (Å²) in [7, 11) is 0. The number of anilines is 1. The van der Waals surface area contributed by atoms with E-state index in [2.05, 4.69) is 36.5 Å². The minimum atomic E-state index is -0.382. The van der Waals surface area contributed by atoms with Gasteiger partial charge in [0, 0.05) is 29.8 Å². The molecular formula is C14H12BrClN4O2. The number of hydrogen-bond donors (Lipinski definition) is 2. The second-order valence-electron chi connectivity index (χ2n) is 4.29. The molecule has 0 saturated heterocycles. The van der Waals surface area contributed by atoms with Crippen LogP contribution in [0.4, 0.5) is 5.69 Å². The normalized spacial score (nSPS) is 10.1. The quantitative estimate of drug-likeness (QED) is 0.778. The maximum atomic E-state index is 12.0. The third-order valence-corrected chi connectivity index (χ3v) is 3.37. The fourth-order valence-corrected chi connectivity index (χ4v) is 2.15. The van der Waals surface area contributed by atoms with Crippen molar-refractivity contribution in [2.75, 3.05) is 11.9 Å². The number of carbonyl (C=O) groups excluding carboxylic acids is 2. The zero-order valence-corrected chi connectivity index (χ0v) is 13.7. The van der Waals surface area contributed by atoms with Crippen LogP contribution in [-0.2, 0) is 4.79 Å². The highest BCUT2D eigenvalue weighted by atomic mass is 79.9. The van der Waals surface area contributed by atoms with E-state index in [1.165, 1.54) is 6.20 Å². The highest BCUT2D eigenvalue weighted by Crippen LogP contribution is 2.17. The van der Waals surface area contributed by atoms with Crippen molar-refractivity contribution in [2.24, 2.45) is 0 Å². The summed E-state index contributed by atoms with van der Waals surface area (Å²) in [4.78, 5) is 31.4. The van der Waals surface area contributed by atoms with Gasteiger partial charge in [0.05, 0.1) is 17.4 Å². The maximum absolute atomic E-state index is 12.0. The number of hydrogen-bond acceptors (Lipinski definition) is 4. The molecule has 0 aromatic carbocycles. The summed E-state index contributed by atoms with van der Waals surface area (Å²) in [6.45, 7) is 0.188. The Bertz CT molecular complexity index is 682. The molecule has 0 spiro atoms. The zero-order chi connectivity index (χ0) is 15.9. The fraction of sp³-hybridized carbons (Fsp3) is 0.143. The van der Waals surface area contributed by atoms with E-state index >= 15 is 0 Å². The Labute approximate surface area is 140 Å². The molecule has 0 aliphatic rings. The summed E-state index contributed by atoms with van der Waals surface area (Å²) in [6.07, 6.45) is 4.80. The number of amides is 2. The molecule has 0 atom stereocenters. The average molecular weight is 384 g/mol. The topological polar surface area (TPSA) is 84.0 Å². The van der Waals surface area contributed by atoms with Gasteiger partial charge in [0.25, 0.3) is 5.91 Å². The average Bonchev–Trinajstić information content (AvgIpc) is 2.50. The number of nitrogens with one attached hydrogen (secondary N) is 2. The van der Waals surface area contributed by atoms with Gasteiger partial charge in [-0.3, -0.25) is 14.6 Å². The molecule has 0 fully saturated rings. The molecule has 0 aliphatic heterocycles. The second-order valence-corrected chi connectivity index (χ2v) is 5.56. The highest BCUT2D eigenvalue weighted by molar-refractivity contribution is 9.10. The van der Waals surface area contributed by atoms with Crippen molar-refractivity contribution in [2.45, 2.75) is 6.42 Å². The minimum absolute atomic E-state index is 0.112. The Morgan fingerprint density at radius 3 is 2.86 bits per heavy atom. The molecule has 0 saturated carbocycles. The molecule has 6 nitrogen and oxygen atoms in total. The number of aromatic nitrogens is 2. The first-order valence-electron chi connectivity index (χ1n) is 6.35. The first-order chi connectivity index (χ1) is 10.6. The molecule has 0 unspecified atom stereocenters. The van der Waals surface area contributed by atoms with Gasteiger partial charge in [0.2, 0.25) is 5.91 Å². The molecular weight excluding hydrogens is 372 g/mol. The number of pyridine rings is 2. The zero-order valence-electron chi connectivity index (χ0n) is 11.3. The van der Waals surface area contributed by atoms with Crippen molar-refractivity contribution in [1.29, 1.82) is 0 Å². The molecule has 2 N–H and O–H groups in total. The third kappa shape index (κ3) is 4.78. The maximum Gasteiger partial charge on any atom is 0.254 e. The van der Waals surface area contributed by atoms with Gasteiger partial charge < -0.3 is 10.6 Å². The van der Waals surface area contributed by atoms with Crippen LogP contribution >= 0.6 is 27.5 Å². The summed E-state index contributed by atoms with van der Waals surface area (Å²) in [5, 5.41) is 5.41. The molecule has 2 amide bonds. The van der Waals surface area contributed by atoms with Gasteiger partial charge in [-0.2, -0.15) is 0 Å². The van der Waals surface area contributed by atoms with Crippen molar-refractivity contribution >= 4 is 45.0 Å². The summed E-state index contributed by atoms with van der Waals surface area (Å²) in [5.41, 5.74) is 0.863. The predicted octanol–water partition coefficient (Wildman–Crippen LogP) is 2.65. The largest absolute Gasteiger partial charge is 0.351 e. The molecule has 22 heavy (non-hydrogen) atoms. The van der Waals surface area contributed by atoms with Gasteiger partial charge in [-0.25, -0.2) is 4.98 Å². The lowest BCUT2D eigenvalue weighted by molar-refractivity contribution is -0.116. The monoisotopic (exact) mass is 382 g/mol. The first kappa shape index (κ1) is 16.4. The molecule has 0 aliphatic carbocycles. The lowest BCUT2D eigenvalue weighted by Crippen LogP contribution is -2.28. The summed E-state index contributed by atoms with van der Waals surface area (Å²) in [6, 6.07) is 5.02. The van der Waals surface area contributed by atoms with Crippen molar-refractivity contribution in [3.05, 3.63) is 52.0 Å². The van der Waals surface area contributed by atoms with Crippen molar-refractivity contribution in [3.63, 3.8) is 0 Å². The number of rotatable bonds is 5. The SMILES string of the molecule is O=C(CCNC(=O)c1cc(Br)cnc1Cl)Nc1cccnc1. The number of nitrogens with zero attached hydrogens (tertiary/aromatic N) is 2. The van der Waals surface area contributed by atoms with Crippen molar-refractivity contribution < 1.29 is 9.59 Å². The van der Waals surface area contributed by atoms with Crippen molar-refractivity contribution in [3.8, 4) is 0 Å². The van der Waals surface area contributed by atoms with Crippen LogP contribution in [-0.4, -0.2) is 28.3 Å². The van der Waals surface area contributed by atoms with Gasteiger partial charge in [-0.1, -0.05) is 11.6 Å². The van der Waals surface area contributed by atoms with Crippen LogP contribution in [0.25, 0.3) is 0 Å². The number of carbonyl (C=O) groups is 2. The van der Waals surface area contributed by atoms with Gasteiger partial charge in [0.1, 0.15) is 5.15 Å². The van der Waals surface area contributed by atoms with Crippen LogP contribution in [0.15, 0.2) is 41.3 Å². The Morgan fingerprint density at radius 2 is 2.14 bits per heavy atom.